The van der Waals surface area contributed by atoms with E-state index in [1.807, 2.05) is 60.8 Å². The Balaban J connectivity index is 1.77. The highest BCUT2D eigenvalue weighted by Gasteiger charge is 2.70. The Labute approximate surface area is 329 Å². The summed E-state index contributed by atoms with van der Waals surface area (Å²) in [6.45, 7) is 18.2. The Hall–Kier alpha value is -1.05. The second kappa shape index (κ2) is 18.1. The van der Waals surface area contributed by atoms with Crippen molar-refractivity contribution in [2.75, 3.05) is 54.9 Å². The summed E-state index contributed by atoms with van der Waals surface area (Å²) in [6, 6.07) is -0.787. The molecular formula is C40H75N3O12. The molecule has 5 N–H and O–H groups in total. The van der Waals surface area contributed by atoms with Crippen molar-refractivity contribution in [3.63, 3.8) is 0 Å². The first kappa shape index (κ1) is 46.6. The fourth-order valence-electron chi connectivity index (χ4n) is 9.42. The first-order valence-corrected chi connectivity index (χ1v) is 20.3. The number of hydrogen-bond acceptors (Lipinski definition) is 15. The maximum absolute atomic E-state index is 14.2. The van der Waals surface area contributed by atoms with Gasteiger partial charge in [0.05, 0.1) is 41.5 Å². The zero-order chi connectivity index (χ0) is 41.5. The summed E-state index contributed by atoms with van der Waals surface area (Å²) in [6.07, 6.45) is -8.27. The Morgan fingerprint density at radius 1 is 0.909 bits per heavy atom. The van der Waals surface area contributed by atoms with Gasteiger partial charge in [-0.15, -0.1) is 0 Å². The smallest absolute Gasteiger partial charge is 0.311 e. The third-order valence-corrected chi connectivity index (χ3v) is 13.4. The molecule has 0 amide bonds. The Morgan fingerprint density at radius 2 is 1.55 bits per heavy atom. The van der Waals surface area contributed by atoms with Crippen LogP contribution < -0.4 is 0 Å². The van der Waals surface area contributed by atoms with Crippen LogP contribution in [0.1, 0.15) is 81.6 Å². The average molecular weight is 790 g/mol. The highest BCUT2D eigenvalue weighted by Crippen LogP contribution is 2.50. The molecule has 0 spiro atoms. The summed E-state index contributed by atoms with van der Waals surface area (Å²) in [5.74, 6) is -3.06. The summed E-state index contributed by atoms with van der Waals surface area (Å²) in [5.41, 5.74) is -4.23. The summed E-state index contributed by atoms with van der Waals surface area (Å²) in [5, 5.41) is 58.5. The molecule has 1 aliphatic carbocycles. The first-order chi connectivity index (χ1) is 25.4. The number of aliphatic hydroxyl groups is 5. The van der Waals surface area contributed by atoms with Gasteiger partial charge in [0.25, 0.3) is 0 Å². The zero-order valence-electron chi connectivity index (χ0n) is 35.9. The summed E-state index contributed by atoms with van der Waals surface area (Å²) in [7, 11) is 9.34. The van der Waals surface area contributed by atoms with Gasteiger partial charge in [-0.2, -0.15) is 0 Å². The van der Waals surface area contributed by atoms with Crippen molar-refractivity contribution < 1.29 is 58.7 Å². The Kier molecular flexibility index (Phi) is 15.3. The topological polar surface area (TPSA) is 183 Å². The van der Waals surface area contributed by atoms with E-state index in [1.165, 1.54) is 7.11 Å². The maximum atomic E-state index is 14.2. The first-order valence-electron chi connectivity index (χ1n) is 20.3. The average Bonchev–Trinajstić information content (AvgIpc) is 3.63. The second-order valence-corrected chi connectivity index (χ2v) is 18.5. The zero-order valence-corrected chi connectivity index (χ0v) is 35.9. The molecule has 0 aromatic carbocycles. The van der Waals surface area contributed by atoms with Gasteiger partial charge in [-0.3, -0.25) is 9.69 Å². The minimum atomic E-state index is -1.65. The van der Waals surface area contributed by atoms with Crippen LogP contribution in [0.25, 0.3) is 0 Å². The second-order valence-electron chi connectivity index (χ2n) is 18.5. The molecular weight excluding hydrogens is 714 g/mol. The Morgan fingerprint density at radius 3 is 2.15 bits per heavy atom. The van der Waals surface area contributed by atoms with E-state index < -0.39 is 102 Å². The predicted molar refractivity (Wildman–Crippen MR) is 205 cm³/mol. The normalized spacial score (nSPS) is 49.6. The molecule has 19 atom stereocenters. The monoisotopic (exact) mass is 790 g/mol. The standard InChI is InChI=1S/C40H75N3O12/c1-21-18-38(8,48)34(55-37-30(44)28(17-22(2)51-37)42(12)16-15-41(10)11)23(3)31(53-29-19-39(9,50-14)33(46)27(7)52-29)24(4)36(47)54-35-25(5)40(35,49)32(45)26(6)43(13)20-21/h21-35,37,44-46,48-49H,15-20H2,1-14H3/t21-,22-,23+,24-,25?,26-,27+,28+,29+,30-,31+,32-,33+,34-,35-,37+,38+,39-,40+/m1/s1. The number of carbonyl (C=O) groups excluding carboxylic acids is 1. The molecule has 4 fully saturated rings. The minimum absolute atomic E-state index is 0.137. The molecule has 1 saturated carbocycles. The molecule has 0 radical (unpaired) electrons. The third-order valence-electron chi connectivity index (χ3n) is 13.4. The Bertz CT molecular complexity index is 1260. The number of rotatable bonds is 9. The molecule has 4 rings (SSSR count). The number of carbonyl (C=O) groups is 1. The third kappa shape index (κ3) is 10.0. The number of ether oxygens (including phenoxy) is 6. The van der Waals surface area contributed by atoms with Crippen molar-refractivity contribution in [2.24, 2.45) is 23.7 Å². The van der Waals surface area contributed by atoms with E-state index in [0.29, 0.717) is 19.5 Å². The molecule has 15 nitrogen and oxygen atoms in total. The highest BCUT2D eigenvalue weighted by molar-refractivity contribution is 5.73. The van der Waals surface area contributed by atoms with Crippen molar-refractivity contribution in [1.29, 1.82) is 0 Å². The van der Waals surface area contributed by atoms with E-state index in [9.17, 15) is 30.3 Å². The number of methoxy groups -OCH3 is 1. The molecule has 4 aliphatic rings. The number of hydrogen-bond donors (Lipinski definition) is 5. The van der Waals surface area contributed by atoms with Gasteiger partial charge in [0, 0.05) is 57.1 Å². The van der Waals surface area contributed by atoms with Crippen LogP contribution in [0.3, 0.4) is 0 Å². The minimum Gasteiger partial charge on any atom is -0.458 e. The quantitative estimate of drug-likeness (QED) is 0.209. The van der Waals surface area contributed by atoms with Gasteiger partial charge in [-0.05, 0) is 88.5 Å². The molecule has 3 aliphatic heterocycles. The molecule has 322 valence electrons. The molecule has 0 bridgehead atoms. The van der Waals surface area contributed by atoms with Gasteiger partial charge in [0.2, 0.25) is 0 Å². The van der Waals surface area contributed by atoms with Crippen molar-refractivity contribution in [2.45, 2.75) is 172 Å². The van der Waals surface area contributed by atoms with Crippen LogP contribution in [-0.2, 0) is 33.2 Å². The maximum Gasteiger partial charge on any atom is 0.311 e. The lowest BCUT2D eigenvalue weighted by atomic mass is 9.77. The van der Waals surface area contributed by atoms with Crippen LogP contribution in [0.5, 0.6) is 0 Å². The van der Waals surface area contributed by atoms with Crippen LogP contribution in [0.2, 0.25) is 0 Å². The molecule has 55 heavy (non-hydrogen) atoms. The number of aliphatic hydroxyl groups excluding tert-OH is 3. The lowest BCUT2D eigenvalue weighted by molar-refractivity contribution is -0.318. The van der Waals surface area contributed by atoms with Crippen LogP contribution in [0.4, 0.5) is 0 Å². The largest absolute Gasteiger partial charge is 0.458 e. The van der Waals surface area contributed by atoms with E-state index in [1.54, 1.807) is 34.6 Å². The molecule has 1 unspecified atom stereocenters. The van der Waals surface area contributed by atoms with Crippen molar-refractivity contribution in [3.8, 4) is 0 Å². The number of esters is 1. The highest BCUT2D eigenvalue weighted by atomic mass is 16.7. The van der Waals surface area contributed by atoms with Gasteiger partial charge < -0.3 is 63.8 Å². The van der Waals surface area contributed by atoms with Crippen LogP contribution in [0, 0.1) is 23.7 Å². The predicted octanol–water partition coefficient (Wildman–Crippen LogP) is 1.05. The lowest BCUT2D eigenvalue weighted by Crippen LogP contribution is -2.61. The van der Waals surface area contributed by atoms with E-state index in [2.05, 4.69) is 9.80 Å². The van der Waals surface area contributed by atoms with Crippen LogP contribution in [-0.4, -0.2) is 191 Å². The molecule has 3 heterocycles. The summed E-state index contributed by atoms with van der Waals surface area (Å²) in [4.78, 5) is 20.3. The fourth-order valence-corrected chi connectivity index (χ4v) is 9.42. The van der Waals surface area contributed by atoms with Crippen LogP contribution in [0.15, 0.2) is 0 Å². The lowest BCUT2D eigenvalue weighted by Gasteiger charge is -2.49. The summed E-state index contributed by atoms with van der Waals surface area (Å²) < 4.78 is 37.8. The summed E-state index contributed by atoms with van der Waals surface area (Å²) >= 11 is 0. The van der Waals surface area contributed by atoms with Crippen LogP contribution >= 0.6 is 0 Å². The molecule has 15 heteroatoms. The number of likely N-dealkylation sites (N-methyl/N-ethyl adjacent to an activating group) is 3. The van der Waals surface area contributed by atoms with Gasteiger partial charge >= 0.3 is 5.97 Å². The van der Waals surface area contributed by atoms with Gasteiger partial charge in [-0.1, -0.05) is 20.8 Å². The fraction of sp³-hybridized carbons (Fsp3) is 0.975. The molecule has 3 saturated heterocycles. The number of fused-ring (bicyclic) bond motifs is 1. The van der Waals surface area contributed by atoms with E-state index in [4.69, 9.17) is 28.4 Å². The van der Waals surface area contributed by atoms with E-state index in [0.717, 1.165) is 6.54 Å². The van der Waals surface area contributed by atoms with E-state index >= 15 is 0 Å². The van der Waals surface area contributed by atoms with Gasteiger partial charge in [-0.25, -0.2) is 0 Å². The molecule has 0 aromatic rings. The van der Waals surface area contributed by atoms with E-state index in [-0.39, 0.29) is 30.9 Å². The number of nitrogens with zero attached hydrogens (tertiary/aromatic N) is 3. The SMILES string of the molecule is CO[C@]1(C)C[C@H](O[C@H]2[C@H](C)[C@@H](O[C@@H]3O[C@H](C)C[C@H](N(C)CCN(C)C)[C@H]3O)[C@@](C)(O)C[C@@H](C)CN(C)[C@H](C)[C@@H](O)[C@@]3(O)C(C)[C@H]3OC(=O)[C@@H]2C)O[C@@H](C)[C@@H]1O. The van der Waals surface area contributed by atoms with Crippen molar-refractivity contribution in [3.05, 3.63) is 0 Å². The van der Waals surface area contributed by atoms with Crippen molar-refractivity contribution in [1.82, 2.24) is 14.7 Å². The molecule has 0 aromatic heterocycles. The van der Waals surface area contributed by atoms with Gasteiger partial charge in [0.15, 0.2) is 12.6 Å². The van der Waals surface area contributed by atoms with Crippen molar-refractivity contribution >= 4 is 5.97 Å². The van der Waals surface area contributed by atoms with Gasteiger partial charge in [0.1, 0.15) is 30.0 Å².